The number of anilines is 1. The number of ether oxygens (including phenoxy) is 2. The molecule has 1 aromatic heterocycles. The highest BCUT2D eigenvalue weighted by molar-refractivity contribution is 6.42. The first-order valence-electron chi connectivity index (χ1n) is 16.0. The van der Waals surface area contributed by atoms with E-state index in [1.54, 1.807) is 12.3 Å². The minimum absolute atomic E-state index is 0.166. The van der Waals surface area contributed by atoms with Crippen molar-refractivity contribution in [2.75, 3.05) is 18.5 Å². The van der Waals surface area contributed by atoms with E-state index in [0.29, 0.717) is 29.6 Å². The maximum absolute atomic E-state index is 12.3. The van der Waals surface area contributed by atoms with E-state index in [4.69, 9.17) is 32.7 Å². The van der Waals surface area contributed by atoms with Gasteiger partial charge in [-0.3, -0.25) is 14.7 Å². The first kappa shape index (κ1) is 32.0. The maximum Gasteiger partial charge on any atom is 0.321 e. The van der Waals surface area contributed by atoms with Gasteiger partial charge in [0, 0.05) is 39.3 Å². The smallest absolute Gasteiger partial charge is 0.321 e. The molecule has 2 unspecified atom stereocenters. The predicted molar refractivity (Wildman–Crippen MR) is 188 cm³/mol. The zero-order valence-electron chi connectivity index (χ0n) is 26.4. The Kier molecular flexibility index (Phi) is 9.26. The van der Waals surface area contributed by atoms with E-state index >= 15 is 0 Å². The van der Waals surface area contributed by atoms with Crippen LogP contribution in [0.4, 0.5) is 5.69 Å². The summed E-state index contributed by atoms with van der Waals surface area (Å²) in [5.41, 5.74) is 6.91. The zero-order chi connectivity index (χ0) is 33.2. The maximum atomic E-state index is 12.3. The molecule has 9 heteroatoms. The Morgan fingerprint density at radius 2 is 1.73 bits per heavy atom. The molecule has 2 aliphatic rings. The number of rotatable bonds is 8. The van der Waals surface area contributed by atoms with Crippen molar-refractivity contribution in [2.45, 2.75) is 44.2 Å². The average Bonchev–Trinajstić information content (AvgIpc) is 3.26. The predicted octanol–water partition coefficient (Wildman–Crippen LogP) is 8.53. The standard InChI is InChI=1S/C39H35Cl2N3O4/c1-43-18-16-36(25-10-13-31(14-11-25)47-38(26-7-3-2-4-8-26)27-12-15-32(40)33(41)19-27)48-37-22-29-23-44(24-30-9-5-6-17-42-30)35(39(45)46)21-28(29)20-34(37)43/h2-15,17,19-20,22,35-36,38H,16,18,21,23-24H2,1H3,(H,45,46)/t35-,36?,38?/m0/s1. The molecule has 0 aliphatic carbocycles. The second kappa shape index (κ2) is 13.9. The molecule has 0 bridgehead atoms. The van der Waals surface area contributed by atoms with Crippen LogP contribution in [0.1, 0.15) is 52.1 Å². The van der Waals surface area contributed by atoms with Crippen molar-refractivity contribution in [1.82, 2.24) is 9.88 Å². The second-order valence-corrected chi connectivity index (χ2v) is 13.2. The monoisotopic (exact) mass is 679 g/mol. The molecule has 1 N–H and O–H groups in total. The van der Waals surface area contributed by atoms with Crippen LogP contribution in [-0.2, 0) is 24.3 Å². The van der Waals surface area contributed by atoms with Crippen LogP contribution in [0.3, 0.4) is 0 Å². The molecule has 0 radical (unpaired) electrons. The number of carbonyl (C=O) groups is 1. The Balaban J connectivity index is 1.12. The lowest BCUT2D eigenvalue weighted by atomic mass is 9.92. The fourth-order valence-electron chi connectivity index (χ4n) is 6.57. The molecule has 0 fully saturated rings. The van der Waals surface area contributed by atoms with E-state index in [1.165, 1.54) is 0 Å². The molecular formula is C39H35Cl2N3O4. The number of halogens is 2. The lowest BCUT2D eigenvalue weighted by Crippen LogP contribution is -2.45. The lowest BCUT2D eigenvalue weighted by molar-refractivity contribution is -0.144. The molecule has 4 aromatic carbocycles. The third kappa shape index (κ3) is 6.85. The summed E-state index contributed by atoms with van der Waals surface area (Å²) in [4.78, 5) is 20.9. The number of hydrogen-bond donors (Lipinski definition) is 1. The van der Waals surface area contributed by atoms with Gasteiger partial charge >= 0.3 is 5.97 Å². The highest BCUT2D eigenvalue weighted by atomic mass is 35.5. The molecule has 7 nitrogen and oxygen atoms in total. The number of pyridine rings is 1. The first-order valence-corrected chi connectivity index (χ1v) is 16.7. The summed E-state index contributed by atoms with van der Waals surface area (Å²) in [7, 11) is 2.06. The van der Waals surface area contributed by atoms with Crippen LogP contribution in [0.25, 0.3) is 0 Å². The number of aliphatic carboxylic acids is 1. The van der Waals surface area contributed by atoms with Crippen LogP contribution in [0.15, 0.2) is 109 Å². The van der Waals surface area contributed by atoms with E-state index in [0.717, 1.165) is 63.7 Å². The molecule has 5 aromatic rings. The average molecular weight is 681 g/mol. The number of fused-ring (bicyclic) bond motifs is 2. The molecule has 0 amide bonds. The molecule has 0 saturated carbocycles. The van der Waals surface area contributed by atoms with Gasteiger partial charge in [-0.1, -0.05) is 77.8 Å². The largest absolute Gasteiger partial charge is 0.483 e. The van der Waals surface area contributed by atoms with Crippen LogP contribution in [0.2, 0.25) is 10.0 Å². The van der Waals surface area contributed by atoms with Crippen LogP contribution in [0, 0.1) is 0 Å². The van der Waals surface area contributed by atoms with Crippen molar-refractivity contribution >= 4 is 34.9 Å². The highest BCUT2D eigenvalue weighted by Crippen LogP contribution is 2.41. The number of nitrogens with zero attached hydrogens (tertiary/aromatic N) is 3. The van der Waals surface area contributed by atoms with E-state index in [-0.39, 0.29) is 12.2 Å². The van der Waals surface area contributed by atoms with Crippen LogP contribution < -0.4 is 14.4 Å². The molecule has 48 heavy (non-hydrogen) atoms. The molecule has 0 spiro atoms. The Labute approximate surface area is 290 Å². The van der Waals surface area contributed by atoms with Gasteiger partial charge in [0.2, 0.25) is 0 Å². The number of benzene rings is 4. The fraction of sp³-hybridized carbons (Fsp3) is 0.231. The fourth-order valence-corrected chi connectivity index (χ4v) is 6.87. The van der Waals surface area contributed by atoms with E-state index in [9.17, 15) is 9.90 Å². The summed E-state index contributed by atoms with van der Waals surface area (Å²) in [5, 5.41) is 11.1. The summed E-state index contributed by atoms with van der Waals surface area (Å²) < 4.78 is 13.3. The van der Waals surface area contributed by atoms with Gasteiger partial charge in [0.25, 0.3) is 0 Å². The zero-order valence-corrected chi connectivity index (χ0v) is 27.9. The Morgan fingerprint density at radius 1 is 0.938 bits per heavy atom. The van der Waals surface area contributed by atoms with Gasteiger partial charge in [0.15, 0.2) is 0 Å². The van der Waals surface area contributed by atoms with Crippen LogP contribution in [0.5, 0.6) is 11.5 Å². The number of carboxylic acid groups (broad SMARTS) is 1. The van der Waals surface area contributed by atoms with Gasteiger partial charge in [-0.2, -0.15) is 0 Å². The summed E-state index contributed by atoms with van der Waals surface area (Å²) in [5.74, 6) is 0.699. The topological polar surface area (TPSA) is 75.1 Å². The first-order chi connectivity index (χ1) is 23.3. The SMILES string of the molecule is CN1CCC(c2ccc(OC(c3ccccc3)c3ccc(Cl)c(Cl)c3)cc2)Oc2cc3c(cc21)C[C@@H](C(=O)O)N(Cc1ccccn1)C3. The normalized spacial score (nSPS) is 18.2. The number of aromatic nitrogens is 1. The molecule has 0 saturated heterocycles. The van der Waals surface area contributed by atoms with Crippen molar-refractivity contribution in [2.24, 2.45) is 0 Å². The number of hydrogen-bond acceptors (Lipinski definition) is 6. The van der Waals surface area contributed by atoms with Crippen molar-refractivity contribution in [3.05, 3.63) is 153 Å². The van der Waals surface area contributed by atoms with Gasteiger partial charge in [-0.05, 0) is 82.8 Å². The highest BCUT2D eigenvalue weighted by Gasteiger charge is 2.34. The van der Waals surface area contributed by atoms with Gasteiger partial charge in [-0.15, -0.1) is 0 Å². The molecule has 2 aliphatic heterocycles. The van der Waals surface area contributed by atoms with Crippen LogP contribution >= 0.6 is 23.2 Å². The summed E-state index contributed by atoms with van der Waals surface area (Å²) in [6, 6.07) is 33.0. The van der Waals surface area contributed by atoms with Crippen LogP contribution in [-0.4, -0.2) is 40.6 Å². The van der Waals surface area contributed by atoms with Crippen molar-refractivity contribution in [3.8, 4) is 11.5 Å². The van der Waals surface area contributed by atoms with Gasteiger partial charge in [0.05, 0.1) is 21.4 Å². The van der Waals surface area contributed by atoms with Crippen molar-refractivity contribution in [3.63, 3.8) is 0 Å². The van der Waals surface area contributed by atoms with Gasteiger partial charge in [-0.25, -0.2) is 0 Å². The van der Waals surface area contributed by atoms with Crippen molar-refractivity contribution in [1.29, 1.82) is 0 Å². The summed E-state index contributed by atoms with van der Waals surface area (Å²) in [6.45, 7) is 1.75. The summed E-state index contributed by atoms with van der Waals surface area (Å²) in [6.07, 6.45) is 2.42. The molecular weight excluding hydrogens is 645 g/mol. The van der Waals surface area contributed by atoms with E-state index in [1.807, 2.05) is 77.7 Å². The quantitative estimate of drug-likeness (QED) is 0.176. The van der Waals surface area contributed by atoms with Gasteiger partial charge < -0.3 is 19.5 Å². The van der Waals surface area contributed by atoms with E-state index < -0.39 is 12.0 Å². The summed E-state index contributed by atoms with van der Waals surface area (Å²) >= 11 is 12.6. The molecule has 3 atom stereocenters. The lowest BCUT2D eigenvalue weighted by Gasteiger charge is -2.35. The van der Waals surface area contributed by atoms with Gasteiger partial charge in [0.1, 0.15) is 29.7 Å². The third-order valence-electron chi connectivity index (χ3n) is 9.15. The second-order valence-electron chi connectivity index (χ2n) is 12.3. The Morgan fingerprint density at radius 3 is 2.46 bits per heavy atom. The van der Waals surface area contributed by atoms with E-state index in [2.05, 4.69) is 41.2 Å². The Bertz CT molecular complexity index is 1910. The third-order valence-corrected chi connectivity index (χ3v) is 9.89. The molecule has 7 rings (SSSR count). The minimum Gasteiger partial charge on any atom is -0.483 e. The molecule has 3 heterocycles. The molecule has 244 valence electrons. The Hall–Kier alpha value is -4.56. The minimum atomic E-state index is -0.823. The van der Waals surface area contributed by atoms with Crippen molar-refractivity contribution < 1.29 is 19.4 Å². The number of carboxylic acids is 1.